The molecule has 228 valence electrons. The molecule has 0 radical (unpaired) electrons. The van der Waals surface area contributed by atoms with Gasteiger partial charge in [0.25, 0.3) is 0 Å². The summed E-state index contributed by atoms with van der Waals surface area (Å²) in [6.07, 6.45) is 7.75. The van der Waals surface area contributed by atoms with Crippen molar-refractivity contribution in [1.82, 2.24) is 13.8 Å². The second-order valence-corrected chi connectivity index (χ2v) is 13.2. The number of carbonyl (C=O) groups is 1. The summed E-state index contributed by atoms with van der Waals surface area (Å²) in [6.45, 7) is 4.09. The van der Waals surface area contributed by atoms with Crippen LogP contribution in [0, 0.1) is 0 Å². The first-order valence-electron chi connectivity index (χ1n) is 15.5. The Bertz CT molecular complexity index is 1570. The first-order chi connectivity index (χ1) is 21.0. The lowest BCUT2D eigenvalue weighted by Gasteiger charge is -2.36. The highest BCUT2D eigenvalue weighted by molar-refractivity contribution is 7.89. The number of fused-ring (bicyclic) bond motifs is 1. The van der Waals surface area contributed by atoms with Crippen molar-refractivity contribution in [3.05, 3.63) is 102 Å². The number of rotatable bonds is 14. The summed E-state index contributed by atoms with van der Waals surface area (Å²) >= 11 is 0. The topological polar surface area (TPSA) is 71.8 Å². The minimum absolute atomic E-state index is 0.0897. The van der Waals surface area contributed by atoms with Crippen LogP contribution in [-0.4, -0.2) is 60.4 Å². The van der Waals surface area contributed by atoms with Gasteiger partial charge in [-0.05, 0) is 55.3 Å². The van der Waals surface area contributed by atoms with Gasteiger partial charge in [-0.15, -0.1) is 0 Å². The summed E-state index contributed by atoms with van der Waals surface area (Å²) in [7, 11) is -3.96. The lowest BCUT2D eigenvalue weighted by atomic mass is 9.94. The number of benzene rings is 3. The van der Waals surface area contributed by atoms with E-state index in [2.05, 4.69) is 29.0 Å². The highest BCUT2D eigenvalue weighted by Crippen LogP contribution is 2.28. The SMILES string of the molecule is CCOCCCN(CC(=O)N(Cc1cccn1Cc1ccccc1)C1CCCCC1)S(=O)(=O)c1cccc2ccccc12. The second-order valence-electron chi connectivity index (χ2n) is 11.3. The number of hydrogen-bond donors (Lipinski definition) is 0. The van der Waals surface area contributed by atoms with Crippen LogP contribution in [0.4, 0.5) is 0 Å². The van der Waals surface area contributed by atoms with Gasteiger partial charge in [-0.1, -0.05) is 86.0 Å². The lowest BCUT2D eigenvalue weighted by molar-refractivity contribution is -0.135. The van der Waals surface area contributed by atoms with Crippen LogP contribution in [-0.2, 0) is 32.6 Å². The molecule has 7 nitrogen and oxygen atoms in total. The standard InChI is InChI=1S/C35H43N3O4S/c1-2-42-25-13-24-37(43(40,41)34-22-11-17-30-16-9-10-21-33(30)34)28-35(39)38(31-18-7-4-8-19-31)27-32-20-12-23-36(32)26-29-14-5-3-6-15-29/h3,5-6,9-12,14-17,20-23,31H,2,4,7-8,13,18-19,24-28H2,1H3. The summed E-state index contributed by atoms with van der Waals surface area (Å²) in [5.74, 6) is -0.153. The van der Waals surface area contributed by atoms with E-state index in [1.807, 2.05) is 66.4 Å². The number of ether oxygens (including phenoxy) is 1. The van der Waals surface area contributed by atoms with Crippen LogP contribution in [0.1, 0.15) is 56.7 Å². The van der Waals surface area contributed by atoms with Crippen LogP contribution in [0.25, 0.3) is 10.8 Å². The van der Waals surface area contributed by atoms with E-state index in [4.69, 9.17) is 4.74 Å². The smallest absolute Gasteiger partial charge is 0.244 e. The molecular weight excluding hydrogens is 558 g/mol. The zero-order valence-electron chi connectivity index (χ0n) is 25.1. The van der Waals surface area contributed by atoms with Crippen molar-refractivity contribution in [2.45, 2.75) is 69.5 Å². The lowest BCUT2D eigenvalue weighted by Crippen LogP contribution is -2.47. The monoisotopic (exact) mass is 601 g/mol. The van der Waals surface area contributed by atoms with E-state index in [1.54, 1.807) is 12.1 Å². The third-order valence-electron chi connectivity index (χ3n) is 8.37. The molecule has 0 bridgehead atoms. The molecule has 0 atom stereocenters. The molecule has 0 N–H and O–H groups in total. The molecule has 0 spiro atoms. The van der Waals surface area contributed by atoms with Gasteiger partial charge in [-0.3, -0.25) is 4.79 Å². The first-order valence-corrected chi connectivity index (χ1v) is 16.9. The molecule has 0 saturated heterocycles. The predicted octanol–water partition coefficient (Wildman–Crippen LogP) is 6.47. The fourth-order valence-electron chi connectivity index (χ4n) is 6.09. The van der Waals surface area contributed by atoms with Crippen molar-refractivity contribution in [1.29, 1.82) is 0 Å². The van der Waals surface area contributed by atoms with Crippen LogP contribution in [0.15, 0.2) is 96.0 Å². The van der Waals surface area contributed by atoms with Gasteiger partial charge < -0.3 is 14.2 Å². The van der Waals surface area contributed by atoms with Crippen molar-refractivity contribution in [3.8, 4) is 0 Å². The molecule has 3 aromatic carbocycles. The minimum atomic E-state index is -3.96. The highest BCUT2D eigenvalue weighted by atomic mass is 32.2. The van der Waals surface area contributed by atoms with E-state index in [9.17, 15) is 13.2 Å². The van der Waals surface area contributed by atoms with Gasteiger partial charge in [0.15, 0.2) is 0 Å². The summed E-state index contributed by atoms with van der Waals surface area (Å²) in [4.78, 5) is 16.4. The van der Waals surface area contributed by atoms with Crippen molar-refractivity contribution in [2.75, 3.05) is 26.3 Å². The van der Waals surface area contributed by atoms with Crippen molar-refractivity contribution in [3.63, 3.8) is 0 Å². The first kappa shape index (κ1) is 31.0. The Labute approximate surface area is 256 Å². The molecule has 43 heavy (non-hydrogen) atoms. The average molecular weight is 602 g/mol. The molecule has 1 aliphatic carbocycles. The number of hydrogen-bond acceptors (Lipinski definition) is 4. The fraction of sp³-hybridized carbons (Fsp3) is 0.400. The van der Waals surface area contributed by atoms with Gasteiger partial charge in [-0.2, -0.15) is 4.31 Å². The molecule has 1 saturated carbocycles. The van der Waals surface area contributed by atoms with Crippen LogP contribution < -0.4 is 0 Å². The third-order valence-corrected chi connectivity index (χ3v) is 10.3. The summed E-state index contributed by atoms with van der Waals surface area (Å²) in [5, 5.41) is 1.52. The Morgan fingerprint density at radius 1 is 0.907 bits per heavy atom. The van der Waals surface area contributed by atoms with Crippen molar-refractivity contribution < 1.29 is 17.9 Å². The number of carbonyl (C=O) groups excluding carboxylic acids is 1. The number of sulfonamides is 1. The molecule has 1 heterocycles. The fourth-order valence-corrected chi connectivity index (χ4v) is 7.73. The molecule has 5 rings (SSSR count). The van der Waals surface area contributed by atoms with Gasteiger partial charge in [0.05, 0.1) is 18.0 Å². The highest BCUT2D eigenvalue weighted by Gasteiger charge is 2.32. The molecule has 1 aliphatic rings. The van der Waals surface area contributed by atoms with Crippen LogP contribution in [0.2, 0.25) is 0 Å². The second kappa shape index (κ2) is 14.8. The third kappa shape index (κ3) is 7.74. The maximum atomic E-state index is 14.3. The predicted molar refractivity (Wildman–Crippen MR) is 171 cm³/mol. The Balaban J connectivity index is 1.43. The number of amides is 1. The molecular formula is C35H43N3O4S. The van der Waals surface area contributed by atoms with Gasteiger partial charge >= 0.3 is 0 Å². The molecule has 0 unspecified atom stereocenters. The van der Waals surface area contributed by atoms with E-state index in [0.717, 1.165) is 43.3 Å². The van der Waals surface area contributed by atoms with Crippen LogP contribution in [0.5, 0.6) is 0 Å². The summed E-state index contributed by atoms with van der Waals surface area (Å²) in [5.41, 5.74) is 2.24. The Hall–Kier alpha value is -3.46. The molecule has 1 aromatic heterocycles. The normalized spacial score (nSPS) is 14.4. The van der Waals surface area contributed by atoms with E-state index in [1.165, 1.54) is 16.3 Å². The Morgan fingerprint density at radius 2 is 1.65 bits per heavy atom. The van der Waals surface area contributed by atoms with Crippen molar-refractivity contribution in [2.24, 2.45) is 0 Å². The average Bonchev–Trinajstić information content (AvgIpc) is 3.48. The maximum Gasteiger partial charge on any atom is 0.244 e. The quantitative estimate of drug-likeness (QED) is 0.155. The number of aromatic nitrogens is 1. The van der Waals surface area contributed by atoms with Gasteiger partial charge in [0, 0.05) is 49.6 Å². The van der Waals surface area contributed by atoms with Crippen LogP contribution in [0.3, 0.4) is 0 Å². The molecule has 4 aromatic rings. The maximum absolute atomic E-state index is 14.3. The van der Waals surface area contributed by atoms with E-state index in [0.29, 0.717) is 31.6 Å². The summed E-state index contributed by atoms with van der Waals surface area (Å²) in [6, 6.07) is 27.3. The minimum Gasteiger partial charge on any atom is -0.382 e. The van der Waals surface area contributed by atoms with Crippen molar-refractivity contribution >= 4 is 26.7 Å². The zero-order valence-corrected chi connectivity index (χ0v) is 25.9. The van der Waals surface area contributed by atoms with Crippen LogP contribution >= 0.6 is 0 Å². The number of nitrogens with zero attached hydrogens (tertiary/aromatic N) is 3. The molecule has 1 fully saturated rings. The zero-order chi connectivity index (χ0) is 30.1. The molecule has 1 amide bonds. The van der Waals surface area contributed by atoms with E-state index in [-0.39, 0.29) is 29.9 Å². The van der Waals surface area contributed by atoms with Gasteiger partial charge in [0.2, 0.25) is 15.9 Å². The Kier molecular flexibility index (Phi) is 10.7. The Morgan fingerprint density at radius 3 is 2.44 bits per heavy atom. The molecule has 8 heteroatoms. The van der Waals surface area contributed by atoms with Gasteiger partial charge in [-0.25, -0.2) is 8.42 Å². The molecule has 0 aliphatic heterocycles. The van der Waals surface area contributed by atoms with E-state index >= 15 is 0 Å². The largest absolute Gasteiger partial charge is 0.382 e. The van der Waals surface area contributed by atoms with Gasteiger partial charge in [0.1, 0.15) is 0 Å². The van der Waals surface area contributed by atoms with E-state index < -0.39 is 10.0 Å². The summed E-state index contributed by atoms with van der Waals surface area (Å²) < 4.78 is 37.5.